The fourth-order valence-corrected chi connectivity index (χ4v) is 6.36. The summed E-state index contributed by atoms with van der Waals surface area (Å²) in [6, 6.07) is 20.3. The number of allylic oxidation sites excluding steroid dienone is 1. The van der Waals surface area contributed by atoms with Gasteiger partial charge in [0.15, 0.2) is 16.3 Å². The lowest BCUT2D eigenvalue weighted by Crippen LogP contribution is -2.39. The molecule has 0 spiro atoms. The number of hydrogen-bond acceptors (Lipinski definition) is 8. The molecule has 6 rings (SSSR count). The molecule has 3 aromatic carbocycles. The van der Waals surface area contributed by atoms with Crippen LogP contribution in [-0.4, -0.2) is 23.9 Å². The van der Waals surface area contributed by atoms with Crippen molar-refractivity contribution in [1.82, 2.24) is 4.57 Å². The van der Waals surface area contributed by atoms with Crippen molar-refractivity contribution >= 4 is 39.3 Å². The van der Waals surface area contributed by atoms with E-state index in [-0.39, 0.29) is 19.0 Å². The molecule has 0 aliphatic carbocycles. The molecule has 3 heterocycles. The van der Waals surface area contributed by atoms with Gasteiger partial charge in [0.25, 0.3) is 5.56 Å². The van der Waals surface area contributed by atoms with Gasteiger partial charge in [0.05, 0.1) is 32.9 Å². The van der Waals surface area contributed by atoms with Crippen molar-refractivity contribution in [3.05, 3.63) is 119 Å². The molecule has 2 aliphatic heterocycles. The molecule has 0 radical (unpaired) electrons. The van der Waals surface area contributed by atoms with Gasteiger partial charge in [0, 0.05) is 0 Å². The number of halogens is 1. The minimum Gasteiger partial charge on any atom is -0.488 e. The van der Waals surface area contributed by atoms with Crippen molar-refractivity contribution < 1.29 is 23.7 Å². The number of carbonyl (C=O) groups is 1. The number of carbonyl (C=O) groups excluding carboxylic acids is 1. The molecule has 0 fully saturated rings. The molecular formula is C31H25BrN2O6S. The normalized spacial score (nSPS) is 15.9. The van der Waals surface area contributed by atoms with Crippen LogP contribution in [0.1, 0.15) is 36.6 Å². The van der Waals surface area contributed by atoms with Crippen molar-refractivity contribution in [3.63, 3.8) is 0 Å². The molecule has 208 valence electrons. The monoisotopic (exact) mass is 632 g/mol. The Balaban J connectivity index is 1.39. The largest absolute Gasteiger partial charge is 0.488 e. The molecule has 4 aromatic rings. The summed E-state index contributed by atoms with van der Waals surface area (Å²) in [4.78, 5) is 32.2. The van der Waals surface area contributed by atoms with Gasteiger partial charge in [-0.15, -0.1) is 0 Å². The van der Waals surface area contributed by atoms with Gasteiger partial charge in [0.1, 0.15) is 12.4 Å². The maximum Gasteiger partial charge on any atom is 0.338 e. The summed E-state index contributed by atoms with van der Waals surface area (Å²) in [5, 5.41) is 0. The Bertz CT molecular complexity index is 1860. The van der Waals surface area contributed by atoms with E-state index in [1.807, 2.05) is 60.7 Å². The van der Waals surface area contributed by atoms with E-state index in [2.05, 4.69) is 20.9 Å². The van der Waals surface area contributed by atoms with Crippen LogP contribution in [0, 0.1) is 0 Å². The molecule has 2 aliphatic rings. The van der Waals surface area contributed by atoms with E-state index in [4.69, 9.17) is 18.9 Å². The number of aromatic nitrogens is 1. The maximum absolute atomic E-state index is 13.9. The third kappa shape index (κ3) is 5.32. The third-order valence-corrected chi connectivity index (χ3v) is 8.32. The first-order chi connectivity index (χ1) is 19.9. The molecule has 1 unspecified atom stereocenters. The average molecular weight is 634 g/mol. The van der Waals surface area contributed by atoms with Gasteiger partial charge < -0.3 is 18.9 Å². The fourth-order valence-electron chi connectivity index (χ4n) is 4.80. The van der Waals surface area contributed by atoms with Crippen molar-refractivity contribution in [2.24, 2.45) is 4.99 Å². The van der Waals surface area contributed by atoms with Crippen LogP contribution in [0.15, 0.2) is 92.3 Å². The van der Waals surface area contributed by atoms with Gasteiger partial charge in [-0.25, -0.2) is 9.79 Å². The first kappa shape index (κ1) is 27.0. The summed E-state index contributed by atoms with van der Waals surface area (Å²) in [6.45, 7) is 4.27. The minimum absolute atomic E-state index is 0.118. The van der Waals surface area contributed by atoms with Crippen LogP contribution >= 0.6 is 27.3 Å². The second kappa shape index (κ2) is 11.4. The lowest BCUT2D eigenvalue weighted by atomic mass is 9.95. The SMILES string of the molecule is CCOC(=O)C1=C(C)N=c2s/c(=C\c3ccc(OCc4ccccc4)c(Br)c3)c(=O)n2C1c1ccc2c(c1)OCO2. The molecule has 0 N–H and O–H groups in total. The highest BCUT2D eigenvalue weighted by atomic mass is 79.9. The number of rotatable bonds is 7. The minimum atomic E-state index is -0.734. The van der Waals surface area contributed by atoms with Gasteiger partial charge in [-0.05, 0) is 76.8 Å². The van der Waals surface area contributed by atoms with Crippen molar-refractivity contribution in [3.8, 4) is 17.2 Å². The highest BCUT2D eigenvalue weighted by molar-refractivity contribution is 9.10. The smallest absolute Gasteiger partial charge is 0.338 e. The Labute approximate surface area is 247 Å². The van der Waals surface area contributed by atoms with E-state index in [1.165, 1.54) is 11.3 Å². The molecule has 1 atom stereocenters. The topological polar surface area (TPSA) is 88.4 Å². The zero-order valence-electron chi connectivity index (χ0n) is 22.3. The lowest BCUT2D eigenvalue weighted by Gasteiger charge is -2.24. The maximum atomic E-state index is 13.9. The lowest BCUT2D eigenvalue weighted by molar-refractivity contribution is -0.139. The van der Waals surface area contributed by atoms with Crippen LogP contribution in [-0.2, 0) is 16.1 Å². The van der Waals surface area contributed by atoms with Gasteiger partial charge in [0.2, 0.25) is 6.79 Å². The standard InChI is InChI=1S/C31H25BrN2O6S/c1-3-37-30(36)27-18(2)33-31-34(28(27)21-10-12-24-25(15-21)40-17-39-24)29(35)26(41-31)14-20-9-11-23(22(32)13-20)38-16-19-7-5-4-6-8-19/h4-15,28H,3,16-17H2,1-2H3/b26-14-. The second-order valence-corrected chi connectivity index (χ2v) is 11.2. The summed E-state index contributed by atoms with van der Waals surface area (Å²) in [5.41, 5.74) is 3.14. The molecule has 8 nitrogen and oxygen atoms in total. The van der Waals surface area contributed by atoms with E-state index in [1.54, 1.807) is 30.5 Å². The average Bonchev–Trinajstić information content (AvgIpc) is 3.56. The number of ether oxygens (including phenoxy) is 4. The molecule has 0 saturated carbocycles. The number of hydrogen-bond donors (Lipinski definition) is 0. The van der Waals surface area contributed by atoms with Crippen LogP contribution in [0.25, 0.3) is 6.08 Å². The predicted molar refractivity (Wildman–Crippen MR) is 158 cm³/mol. The van der Waals surface area contributed by atoms with Crippen LogP contribution < -0.4 is 29.1 Å². The molecule has 0 amide bonds. The van der Waals surface area contributed by atoms with Crippen LogP contribution in [0.4, 0.5) is 0 Å². The van der Waals surface area contributed by atoms with Crippen molar-refractivity contribution in [2.45, 2.75) is 26.5 Å². The third-order valence-electron chi connectivity index (χ3n) is 6.72. The number of fused-ring (bicyclic) bond motifs is 2. The Kier molecular flexibility index (Phi) is 7.51. The van der Waals surface area contributed by atoms with Gasteiger partial charge in [-0.2, -0.15) is 0 Å². The van der Waals surface area contributed by atoms with E-state index in [9.17, 15) is 9.59 Å². The quantitative estimate of drug-likeness (QED) is 0.270. The van der Waals surface area contributed by atoms with Gasteiger partial charge in [-0.1, -0.05) is 53.8 Å². The molecular weight excluding hydrogens is 608 g/mol. The van der Waals surface area contributed by atoms with Crippen molar-refractivity contribution in [2.75, 3.05) is 13.4 Å². The van der Waals surface area contributed by atoms with Crippen LogP contribution in [0.2, 0.25) is 0 Å². The van der Waals surface area contributed by atoms with Gasteiger partial charge >= 0.3 is 5.97 Å². The number of esters is 1. The Morgan fingerprint density at radius 1 is 1.12 bits per heavy atom. The highest BCUT2D eigenvalue weighted by Gasteiger charge is 2.34. The van der Waals surface area contributed by atoms with E-state index < -0.39 is 12.0 Å². The molecule has 1 aromatic heterocycles. The van der Waals surface area contributed by atoms with E-state index in [0.29, 0.717) is 50.0 Å². The first-order valence-corrected chi connectivity index (χ1v) is 14.6. The highest BCUT2D eigenvalue weighted by Crippen LogP contribution is 2.38. The Hall–Kier alpha value is -4.15. The zero-order valence-corrected chi connectivity index (χ0v) is 24.7. The second-order valence-electron chi connectivity index (χ2n) is 9.38. The molecule has 10 heteroatoms. The van der Waals surface area contributed by atoms with E-state index in [0.717, 1.165) is 15.6 Å². The van der Waals surface area contributed by atoms with E-state index >= 15 is 0 Å². The number of benzene rings is 3. The van der Waals surface area contributed by atoms with Crippen LogP contribution in [0.5, 0.6) is 17.2 Å². The summed E-state index contributed by atoms with van der Waals surface area (Å²) >= 11 is 4.87. The Morgan fingerprint density at radius 2 is 1.93 bits per heavy atom. The fraction of sp³-hybridized carbons (Fsp3) is 0.194. The van der Waals surface area contributed by atoms with Gasteiger partial charge in [-0.3, -0.25) is 9.36 Å². The predicted octanol–water partition coefficient (Wildman–Crippen LogP) is 4.87. The first-order valence-electron chi connectivity index (χ1n) is 13.0. The Morgan fingerprint density at radius 3 is 2.71 bits per heavy atom. The number of thiazole rings is 1. The summed E-state index contributed by atoms with van der Waals surface area (Å²) in [7, 11) is 0. The molecule has 41 heavy (non-hydrogen) atoms. The summed E-state index contributed by atoms with van der Waals surface area (Å²) in [6.07, 6.45) is 1.82. The summed E-state index contributed by atoms with van der Waals surface area (Å²) < 4.78 is 25.2. The molecule has 0 bridgehead atoms. The molecule has 0 saturated heterocycles. The van der Waals surface area contributed by atoms with Crippen molar-refractivity contribution in [1.29, 1.82) is 0 Å². The summed E-state index contributed by atoms with van der Waals surface area (Å²) in [5.74, 6) is 1.36. The van der Waals surface area contributed by atoms with Crippen LogP contribution in [0.3, 0.4) is 0 Å². The number of nitrogens with zero attached hydrogens (tertiary/aromatic N) is 2. The zero-order chi connectivity index (χ0) is 28.5.